The SMILES string of the molecule is COc1ccc(C2(CNC3CC3)CCC2C)cc1OC. The van der Waals surface area contributed by atoms with Gasteiger partial charge in [-0.3, -0.25) is 0 Å². The van der Waals surface area contributed by atoms with Gasteiger partial charge in [0.05, 0.1) is 14.2 Å². The molecule has 0 saturated heterocycles. The monoisotopic (exact) mass is 275 g/mol. The normalized spacial score (nSPS) is 28.9. The Morgan fingerprint density at radius 1 is 1.15 bits per heavy atom. The smallest absolute Gasteiger partial charge is 0.161 e. The summed E-state index contributed by atoms with van der Waals surface area (Å²) in [5, 5.41) is 3.72. The van der Waals surface area contributed by atoms with Crippen LogP contribution in [0.25, 0.3) is 0 Å². The van der Waals surface area contributed by atoms with Gasteiger partial charge < -0.3 is 14.8 Å². The Labute approximate surface area is 121 Å². The topological polar surface area (TPSA) is 30.5 Å². The quantitative estimate of drug-likeness (QED) is 0.865. The summed E-state index contributed by atoms with van der Waals surface area (Å²) in [5.41, 5.74) is 1.67. The molecule has 0 spiro atoms. The summed E-state index contributed by atoms with van der Waals surface area (Å²) in [6.07, 6.45) is 5.27. The van der Waals surface area contributed by atoms with Crippen molar-refractivity contribution < 1.29 is 9.47 Å². The van der Waals surface area contributed by atoms with Gasteiger partial charge in [-0.15, -0.1) is 0 Å². The highest BCUT2D eigenvalue weighted by atomic mass is 16.5. The minimum atomic E-state index is 0.280. The van der Waals surface area contributed by atoms with E-state index in [4.69, 9.17) is 9.47 Å². The molecule has 0 aliphatic heterocycles. The van der Waals surface area contributed by atoms with E-state index in [1.807, 2.05) is 6.07 Å². The molecule has 0 heterocycles. The summed E-state index contributed by atoms with van der Waals surface area (Å²) < 4.78 is 10.8. The minimum Gasteiger partial charge on any atom is -0.493 e. The predicted molar refractivity (Wildman–Crippen MR) is 80.6 cm³/mol. The van der Waals surface area contributed by atoms with E-state index < -0.39 is 0 Å². The number of rotatable bonds is 6. The highest BCUT2D eigenvalue weighted by Gasteiger charge is 2.46. The molecule has 2 saturated carbocycles. The van der Waals surface area contributed by atoms with Crippen molar-refractivity contribution in [2.75, 3.05) is 20.8 Å². The van der Waals surface area contributed by atoms with Crippen LogP contribution in [0.4, 0.5) is 0 Å². The largest absolute Gasteiger partial charge is 0.493 e. The molecule has 1 aromatic rings. The molecular formula is C17H25NO2. The van der Waals surface area contributed by atoms with Gasteiger partial charge in [0, 0.05) is 18.0 Å². The van der Waals surface area contributed by atoms with E-state index in [1.54, 1.807) is 14.2 Å². The van der Waals surface area contributed by atoms with Crippen molar-refractivity contribution in [2.45, 2.75) is 44.1 Å². The maximum atomic E-state index is 5.47. The van der Waals surface area contributed by atoms with Crippen molar-refractivity contribution in [3.63, 3.8) is 0 Å². The van der Waals surface area contributed by atoms with Gasteiger partial charge in [-0.05, 0) is 49.3 Å². The fourth-order valence-corrected chi connectivity index (χ4v) is 3.33. The van der Waals surface area contributed by atoms with E-state index in [0.29, 0.717) is 0 Å². The Kier molecular flexibility index (Phi) is 3.63. The van der Waals surface area contributed by atoms with Crippen LogP contribution < -0.4 is 14.8 Å². The van der Waals surface area contributed by atoms with Crippen LogP contribution in [0.2, 0.25) is 0 Å². The summed E-state index contributed by atoms with van der Waals surface area (Å²) >= 11 is 0. The molecule has 2 aliphatic rings. The van der Waals surface area contributed by atoms with Crippen LogP contribution in [0.1, 0.15) is 38.2 Å². The summed E-state index contributed by atoms with van der Waals surface area (Å²) in [6.45, 7) is 3.46. The predicted octanol–water partition coefficient (Wildman–Crippen LogP) is 3.12. The van der Waals surface area contributed by atoms with Crippen LogP contribution in [0.3, 0.4) is 0 Å². The number of benzene rings is 1. The molecule has 0 aromatic heterocycles. The molecule has 1 aromatic carbocycles. The summed E-state index contributed by atoms with van der Waals surface area (Å²) in [4.78, 5) is 0. The fourth-order valence-electron chi connectivity index (χ4n) is 3.33. The first-order valence-electron chi connectivity index (χ1n) is 7.65. The third kappa shape index (κ3) is 2.28. The van der Waals surface area contributed by atoms with Crippen molar-refractivity contribution in [1.29, 1.82) is 0 Å². The maximum Gasteiger partial charge on any atom is 0.161 e. The van der Waals surface area contributed by atoms with Gasteiger partial charge >= 0.3 is 0 Å². The molecule has 1 N–H and O–H groups in total. The van der Waals surface area contributed by atoms with Crippen molar-refractivity contribution >= 4 is 0 Å². The molecule has 2 atom stereocenters. The standard InChI is InChI=1S/C17H25NO2/c1-12-8-9-17(12,11-18-14-5-6-14)13-4-7-15(19-2)16(10-13)20-3/h4,7,10,12,14,18H,5-6,8-9,11H2,1-3H3. The number of methoxy groups -OCH3 is 2. The van der Waals surface area contributed by atoms with Gasteiger partial charge in [0.15, 0.2) is 11.5 Å². The lowest BCUT2D eigenvalue weighted by atomic mass is 9.57. The second kappa shape index (κ2) is 5.28. The number of ether oxygens (including phenoxy) is 2. The van der Waals surface area contributed by atoms with Crippen molar-refractivity contribution in [1.82, 2.24) is 5.32 Å². The molecule has 3 rings (SSSR count). The third-order valence-corrected chi connectivity index (χ3v) is 5.21. The summed E-state index contributed by atoms with van der Waals surface area (Å²) in [6, 6.07) is 7.19. The van der Waals surface area contributed by atoms with E-state index >= 15 is 0 Å². The van der Waals surface area contributed by atoms with E-state index in [1.165, 1.54) is 31.2 Å². The highest BCUT2D eigenvalue weighted by molar-refractivity contribution is 5.46. The van der Waals surface area contributed by atoms with Crippen molar-refractivity contribution in [3.8, 4) is 11.5 Å². The number of hydrogen-bond donors (Lipinski definition) is 1. The lowest BCUT2D eigenvalue weighted by Crippen LogP contribution is -2.50. The third-order valence-electron chi connectivity index (χ3n) is 5.21. The van der Waals surface area contributed by atoms with E-state index in [2.05, 4.69) is 24.4 Å². The molecule has 2 fully saturated rings. The Morgan fingerprint density at radius 2 is 1.90 bits per heavy atom. The van der Waals surface area contributed by atoms with Crippen molar-refractivity contribution in [2.24, 2.45) is 5.92 Å². The van der Waals surface area contributed by atoms with Gasteiger partial charge in [0.1, 0.15) is 0 Å². The Hall–Kier alpha value is -1.22. The zero-order chi connectivity index (χ0) is 14.2. The van der Waals surface area contributed by atoms with Crippen LogP contribution in [0, 0.1) is 5.92 Å². The Bertz CT molecular complexity index is 484. The lowest BCUT2D eigenvalue weighted by Gasteiger charge is -2.49. The van der Waals surface area contributed by atoms with E-state index in [-0.39, 0.29) is 5.41 Å². The van der Waals surface area contributed by atoms with Gasteiger partial charge in [-0.1, -0.05) is 13.0 Å². The van der Waals surface area contributed by atoms with Gasteiger partial charge in [-0.25, -0.2) is 0 Å². The molecule has 2 unspecified atom stereocenters. The Morgan fingerprint density at radius 3 is 2.40 bits per heavy atom. The average Bonchev–Trinajstić information content (AvgIpc) is 3.30. The Balaban J connectivity index is 1.86. The van der Waals surface area contributed by atoms with Crippen LogP contribution in [0.5, 0.6) is 11.5 Å². The summed E-state index contributed by atoms with van der Waals surface area (Å²) in [7, 11) is 3.40. The van der Waals surface area contributed by atoms with Crippen LogP contribution in [0.15, 0.2) is 18.2 Å². The van der Waals surface area contributed by atoms with Crippen LogP contribution >= 0.6 is 0 Å². The number of nitrogens with one attached hydrogen (secondary N) is 1. The second-order valence-electron chi connectivity index (χ2n) is 6.32. The first kappa shape index (κ1) is 13.7. The van der Waals surface area contributed by atoms with Gasteiger partial charge in [0.2, 0.25) is 0 Å². The van der Waals surface area contributed by atoms with E-state index in [0.717, 1.165) is 30.0 Å². The summed E-state index contributed by atoms with van der Waals surface area (Å²) in [5.74, 6) is 2.38. The molecule has 110 valence electrons. The molecule has 2 aliphatic carbocycles. The molecule has 0 radical (unpaired) electrons. The van der Waals surface area contributed by atoms with E-state index in [9.17, 15) is 0 Å². The molecule has 3 nitrogen and oxygen atoms in total. The average molecular weight is 275 g/mol. The highest BCUT2D eigenvalue weighted by Crippen LogP contribution is 2.50. The zero-order valence-electron chi connectivity index (χ0n) is 12.7. The lowest BCUT2D eigenvalue weighted by molar-refractivity contribution is 0.133. The van der Waals surface area contributed by atoms with Gasteiger partial charge in [-0.2, -0.15) is 0 Å². The molecule has 0 bridgehead atoms. The first-order valence-corrected chi connectivity index (χ1v) is 7.65. The fraction of sp³-hybridized carbons (Fsp3) is 0.647. The molecule has 0 amide bonds. The van der Waals surface area contributed by atoms with Crippen LogP contribution in [-0.2, 0) is 5.41 Å². The minimum absolute atomic E-state index is 0.280. The molecule has 20 heavy (non-hydrogen) atoms. The van der Waals surface area contributed by atoms with Crippen molar-refractivity contribution in [3.05, 3.63) is 23.8 Å². The zero-order valence-corrected chi connectivity index (χ0v) is 12.7. The number of hydrogen-bond acceptors (Lipinski definition) is 3. The second-order valence-corrected chi connectivity index (χ2v) is 6.32. The maximum absolute atomic E-state index is 5.47. The first-order chi connectivity index (χ1) is 9.69. The molecular weight excluding hydrogens is 250 g/mol. The molecule has 3 heteroatoms. The van der Waals surface area contributed by atoms with Gasteiger partial charge in [0.25, 0.3) is 0 Å². The van der Waals surface area contributed by atoms with Crippen LogP contribution in [-0.4, -0.2) is 26.8 Å².